The topological polar surface area (TPSA) is 59.7 Å². The molecule has 1 fully saturated rings. The summed E-state index contributed by atoms with van der Waals surface area (Å²) >= 11 is 1.49. The van der Waals surface area contributed by atoms with Crippen molar-refractivity contribution in [2.75, 3.05) is 13.2 Å². The molecule has 1 aromatic carbocycles. The van der Waals surface area contributed by atoms with E-state index in [9.17, 15) is 4.79 Å². The van der Waals surface area contributed by atoms with E-state index in [4.69, 9.17) is 9.72 Å². The Kier molecular flexibility index (Phi) is 5.29. The van der Waals surface area contributed by atoms with Gasteiger partial charge in [0.15, 0.2) is 4.96 Å². The number of hydrogen-bond donors (Lipinski definition) is 0. The Morgan fingerprint density at radius 3 is 2.80 bits per heavy atom. The summed E-state index contributed by atoms with van der Waals surface area (Å²) in [5, 5.41) is 1.90. The van der Waals surface area contributed by atoms with Gasteiger partial charge in [-0.05, 0) is 30.5 Å². The third kappa shape index (κ3) is 3.86. The molecule has 0 N–H and O–H groups in total. The van der Waals surface area contributed by atoms with Crippen LogP contribution in [0.4, 0.5) is 0 Å². The van der Waals surface area contributed by atoms with Gasteiger partial charge in [0.2, 0.25) is 0 Å². The highest BCUT2D eigenvalue weighted by atomic mass is 32.1. The number of fused-ring (bicyclic) bond motifs is 1. The number of amides is 1. The number of carbonyl (C=O) groups excluding carboxylic acids is 1. The van der Waals surface area contributed by atoms with Gasteiger partial charge in [0, 0.05) is 49.2 Å². The predicted molar refractivity (Wildman–Crippen MR) is 116 cm³/mol. The minimum Gasteiger partial charge on any atom is -0.376 e. The van der Waals surface area contributed by atoms with E-state index in [1.54, 1.807) is 12.4 Å². The molecular formula is C23H22N4O2S. The van der Waals surface area contributed by atoms with Crippen LogP contribution in [0.5, 0.6) is 0 Å². The summed E-state index contributed by atoms with van der Waals surface area (Å²) < 4.78 is 7.72. The van der Waals surface area contributed by atoms with Crippen molar-refractivity contribution in [3.63, 3.8) is 0 Å². The maximum atomic E-state index is 13.6. The highest BCUT2D eigenvalue weighted by Gasteiger charge is 2.26. The highest BCUT2D eigenvalue weighted by molar-refractivity contribution is 7.15. The lowest BCUT2D eigenvalue weighted by Gasteiger charge is -2.25. The van der Waals surface area contributed by atoms with Crippen molar-refractivity contribution < 1.29 is 9.53 Å². The summed E-state index contributed by atoms with van der Waals surface area (Å²) in [6.45, 7) is 1.88. The van der Waals surface area contributed by atoms with Crippen LogP contribution in [0.1, 0.15) is 28.9 Å². The van der Waals surface area contributed by atoms with Crippen LogP contribution in [-0.2, 0) is 11.3 Å². The fraction of sp³-hybridized carbons (Fsp3) is 0.261. The molecule has 0 aliphatic carbocycles. The van der Waals surface area contributed by atoms with Crippen molar-refractivity contribution in [2.45, 2.75) is 25.5 Å². The van der Waals surface area contributed by atoms with Crippen molar-refractivity contribution in [1.82, 2.24) is 19.3 Å². The van der Waals surface area contributed by atoms with E-state index in [1.807, 2.05) is 63.3 Å². The zero-order valence-electron chi connectivity index (χ0n) is 16.5. The minimum absolute atomic E-state index is 0.00873. The molecule has 4 aromatic rings. The molecule has 1 aliphatic rings. The lowest BCUT2D eigenvalue weighted by Crippen LogP contribution is -2.37. The van der Waals surface area contributed by atoms with Crippen molar-refractivity contribution >= 4 is 22.2 Å². The van der Waals surface area contributed by atoms with E-state index >= 15 is 0 Å². The molecule has 6 nitrogen and oxygen atoms in total. The molecule has 0 radical (unpaired) electrons. The first kappa shape index (κ1) is 19.0. The average Bonchev–Trinajstić information content (AvgIpc) is 3.52. The van der Waals surface area contributed by atoms with Crippen LogP contribution in [0.15, 0.2) is 66.4 Å². The van der Waals surface area contributed by atoms with Gasteiger partial charge in [-0.1, -0.05) is 30.3 Å². The monoisotopic (exact) mass is 418 g/mol. The Labute approximate surface area is 178 Å². The minimum atomic E-state index is -0.00873. The van der Waals surface area contributed by atoms with Crippen LogP contribution < -0.4 is 0 Å². The van der Waals surface area contributed by atoms with E-state index in [-0.39, 0.29) is 12.0 Å². The van der Waals surface area contributed by atoms with Crippen molar-refractivity contribution in [2.24, 2.45) is 0 Å². The van der Waals surface area contributed by atoms with Crippen LogP contribution >= 0.6 is 11.3 Å². The van der Waals surface area contributed by atoms with Gasteiger partial charge in [-0.15, -0.1) is 11.3 Å². The standard InChI is InChI=1S/C23H22N4O2S/c28-22(26(14-19-7-4-12-29-19)13-17-8-10-24-11-9-17)21-16-30-23-25-20(15-27(21)23)18-5-2-1-3-6-18/h1-3,5-6,8-11,15-16,19H,4,7,12-14H2/t19-/m1/s1. The van der Waals surface area contributed by atoms with E-state index in [2.05, 4.69) is 4.98 Å². The fourth-order valence-electron chi connectivity index (χ4n) is 3.81. The van der Waals surface area contributed by atoms with E-state index in [0.717, 1.165) is 41.2 Å². The van der Waals surface area contributed by atoms with Gasteiger partial charge in [-0.3, -0.25) is 14.2 Å². The zero-order chi connectivity index (χ0) is 20.3. The van der Waals surface area contributed by atoms with E-state index in [1.165, 1.54) is 11.3 Å². The van der Waals surface area contributed by atoms with Crippen molar-refractivity contribution in [1.29, 1.82) is 0 Å². The molecule has 3 aromatic heterocycles. The maximum absolute atomic E-state index is 13.6. The van der Waals surface area contributed by atoms with Crippen LogP contribution in [-0.4, -0.2) is 44.4 Å². The Bertz CT molecular complexity index is 1130. The first-order valence-electron chi connectivity index (χ1n) is 10.1. The summed E-state index contributed by atoms with van der Waals surface area (Å²) in [4.78, 5) is 25.1. The first-order valence-corrected chi connectivity index (χ1v) is 11.0. The van der Waals surface area contributed by atoms with Gasteiger partial charge < -0.3 is 9.64 Å². The molecule has 0 bridgehead atoms. The molecule has 1 amide bonds. The number of nitrogens with zero attached hydrogens (tertiary/aromatic N) is 4. The maximum Gasteiger partial charge on any atom is 0.272 e. The molecule has 4 heterocycles. The molecule has 0 spiro atoms. The molecular weight excluding hydrogens is 396 g/mol. The van der Waals surface area contributed by atoms with Gasteiger partial charge in [0.05, 0.1) is 11.8 Å². The lowest BCUT2D eigenvalue weighted by atomic mass is 10.2. The number of carbonyl (C=O) groups is 1. The van der Waals surface area contributed by atoms with E-state index in [0.29, 0.717) is 18.8 Å². The number of benzene rings is 1. The SMILES string of the molecule is O=C(c1csc2nc(-c3ccccc3)cn12)N(Cc1ccncc1)C[C@H]1CCCO1. The normalized spacial score (nSPS) is 16.2. The Morgan fingerprint density at radius 2 is 2.03 bits per heavy atom. The predicted octanol–water partition coefficient (Wildman–Crippen LogP) is 4.28. The van der Waals surface area contributed by atoms with Gasteiger partial charge in [-0.2, -0.15) is 0 Å². The Balaban J connectivity index is 1.46. The largest absolute Gasteiger partial charge is 0.376 e. The quantitative estimate of drug-likeness (QED) is 0.469. The van der Waals surface area contributed by atoms with Crippen molar-refractivity contribution in [3.05, 3.63) is 77.7 Å². The number of rotatable bonds is 6. The number of imidazole rings is 1. The van der Waals surface area contributed by atoms with Gasteiger partial charge in [0.25, 0.3) is 5.91 Å². The lowest BCUT2D eigenvalue weighted by molar-refractivity contribution is 0.0502. The number of ether oxygens (including phenoxy) is 1. The third-order valence-electron chi connectivity index (χ3n) is 5.36. The third-order valence-corrected chi connectivity index (χ3v) is 6.20. The summed E-state index contributed by atoms with van der Waals surface area (Å²) in [6.07, 6.45) is 7.59. The van der Waals surface area contributed by atoms with Crippen molar-refractivity contribution in [3.8, 4) is 11.3 Å². The molecule has 1 saturated heterocycles. The summed E-state index contributed by atoms with van der Waals surface area (Å²) in [7, 11) is 0. The van der Waals surface area contributed by atoms with Crippen LogP contribution in [0.3, 0.4) is 0 Å². The summed E-state index contributed by atoms with van der Waals surface area (Å²) in [5.41, 5.74) is 3.60. The number of aromatic nitrogens is 3. The molecule has 1 aliphatic heterocycles. The Hall–Kier alpha value is -3.03. The average molecular weight is 419 g/mol. The smallest absolute Gasteiger partial charge is 0.272 e. The van der Waals surface area contributed by atoms with Gasteiger partial charge in [-0.25, -0.2) is 4.98 Å². The van der Waals surface area contributed by atoms with E-state index < -0.39 is 0 Å². The molecule has 152 valence electrons. The van der Waals surface area contributed by atoms with Crippen LogP contribution in [0, 0.1) is 0 Å². The second-order valence-corrected chi connectivity index (χ2v) is 8.28. The molecule has 0 unspecified atom stereocenters. The summed E-state index contributed by atoms with van der Waals surface area (Å²) in [5.74, 6) is -0.00873. The number of hydrogen-bond acceptors (Lipinski definition) is 5. The second-order valence-electron chi connectivity index (χ2n) is 7.44. The molecule has 1 atom stereocenters. The van der Waals surface area contributed by atoms with Gasteiger partial charge in [0.1, 0.15) is 5.69 Å². The molecule has 5 rings (SSSR count). The summed E-state index contributed by atoms with van der Waals surface area (Å²) in [6, 6.07) is 13.9. The number of pyridine rings is 1. The highest BCUT2D eigenvalue weighted by Crippen LogP contribution is 2.25. The fourth-order valence-corrected chi connectivity index (χ4v) is 4.66. The molecule has 0 saturated carbocycles. The molecule has 30 heavy (non-hydrogen) atoms. The van der Waals surface area contributed by atoms with Gasteiger partial charge >= 0.3 is 0 Å². The van der Waals surface area contributed by atoms with Crippen LogP contribution in [0.2, 0.25) is 0 Å². The first-order chi connectivity index (χ1) is 14.8. The Morgan fingerprint density at radius 1 is 1.20 bits per heavy atom. The van der Waals surface area contributed by atoms with Crippen LogP contribution in [0.25, 0.3) is 16.2 Å². The zero-order valence-corrected chi connectivity index (χ0v) is 17.3. The second kappa shape index (κ2) is 8.38. The number of thiazole rings is 1. The molecule has 7 heteroatoms.